The lowest BCUT2D eigenvalue weighted by Crippen LogP contribution is -2.12. The zero-order chi connectivity index (χ0) is 18.5. The van der Waals surface area contributed by atoms with Crippen LogP contribution in [0.1, 0.15) is 22.5 Å². The zero-order valence-electron chi connectivity index (χ0n) is 15.7. The van der Waals surface area contributed by atoms with Gasteiger partial charge in [0, 0.05) is 5.56 Å². The molecular formula is C27H21O+. The van der Waals surface area contributed by atoms with Gasteiger partial charge >= 0.3 is 11.5 Å². The van der Waals surface area contributed by atoms with Gasteiger partial charge in [0.25, 0.3) is 0 Å². The standard InChI is InChI=1S/C27H21O/c1-2-10-20(11-3-1)25-23-16-14-19-9-5-7-13-22(19)27(23)28-24-17-15-18-8-4-6-12-21(18)26(24)25/h1-13H,14-17H2/q+1. The molecule has 0 radical (unpaired) electrons. The highest BCUT2D eigenvalue weighted by molar-refractivity contribution is 5.92. The van der Waals surface area contributed by atoms with Gasteiger partial charge in [0.1, 0.15) is 0 Å². The Hall–Kier alpha value is -3.19. The molecule has 0 aliphatic heterocycles. The summed E-state index contributed by atoms with van der Waals surface area (Å²) in [5, 5.41) is 0. The second kappa shape index (κ2) is 6.17. The van der Waals surface area contributed by atoms with Crippen molar-refractivity contribution >= 4 is 0 Å². The van der Waals surface area contributed by atoms with Crippen LogP contribution in [0.3, 0.4) is 0 Å². The van der Waals surface area contributed by atoms with Crippen LogP contribution in [0.2, 0.25) is 0 Å². The first-order chi connectivity index (χ1) is 13.9. The van der Waals surface area contributed by atoms with Gasteiger partial charge in [-0.25, -0.2) is 4.42 Å². The number of fused-ring (bicyclic) bond motifs is 6. The van der Waals surface area contributed by atoms with E-state index in [0.29, 0.717) is 0 Å². The lowest BCUT2D eigenvalue weighted by Gasteiger charge is -2.22. The Labute approximate surface area is 165 Å². The third kappa shape index (κ3) is 2.29. The number of hydrogen-bond acceptors (Lipinski definition) is 0. The highest BCUT2D eigenvalue weighted by Crippen LogP contribution is 2.48. The van der Waals surface area contributed by atoms with Crippen LogP contribution in [-0.4, -0.2) is 0 Å². The fourth-order valence-electron chi connectivity index (χ4n) is 4.93. The molecule has 2 aliphatic carbocycles. The number of hydrogen-bond donors (Lipinski definition) is 0. The van der Waals surface area contributed by atoms with Crippen molar-refractivity contribution in [2.45, 2.75) is 25.7 Å². The molecule has 0 unspecified atom stereocenters. The SMILES string of the molecule is c1ccc(-c2c3c([o+]c4c2-c2ccccc2CC4)-c2ccccc2CC3)cc1. The highest BCUT2D eigenvalue weighted by atomic mass is 16.3. The zero-order valence-corrected chi connectivity index (χ0v) is 15.7. The first kappa shape index (κ1) is 15.8. The molecule has 1 heteroatoms. The predicted octanol–water partition coefficient (Wildman–Crippen LogP) is 6.76. The van der Waals surface area contributed by atoms with E-state index < -0.39 is 0 Å². The number of rotatable bonds is 1. The normalized spacial score (nSPS) is 13.9. The Kier molecular flexibility index (Phi) is 3.49. The van der Waals surface area contributed by atoms with Gasteiger partial charge in [-0.2, -0.15) is 0 Å². The Balaban J connectivity index is 1.74. The van der Waals surface area contributed by atoms with Crippen molar-refractivity contribution in [3.8, 4) is 33.6 Å². The van der Waals surface area contributed by atoms with E-state index in [1.54, 1.807) is 0 Å². The van der Waals surface area contributed by atoms with Gasteiger partial charge in [-0.15, -0.1) is 0 Å². The average molecular weight is 361 g/mol. The van der Waals surface area contributed by atoms with E-state index in [4.69, 9.17) is 4.42 Å². The second-order valence-corrected chi connectivity index (χ2v) is 7.76. The van der Waals surface area contributed by atoms with Gasteiger partial charge in [0.05, 0.1) is 23.1 Å². The molecule has 1 nitrogen and oxygen atoms in total. The van der Waals surface area contributed by atoms with Crippen LogP contribution < -0.4 is 0 Å². The summed E-state index contributed by atoms with van der Waals surface area (Å²) in [5.41, 5.74) is 10.8. The molecule has 134 valence electrons. The molecule has 3 aromatic carbocycles. The van der Waals surface area contributed by atoms with E-state index in [9.17, 15) is 0 Å². The van der Waals surface area contributed by atoms with E-state index in [1.165, 1.54) is 44.5 Å². The molecule has 28 heavy (non-hydrogen) atoms. The van der Waals surface area contributed by atoms with Crippen LogP contribution in [0.25, 0.3) is 33.6 Å². The topological polar surface area (TPSA) is 11.3 Å². The van der Waals surface area contributed by atoms with E-state index in [0.717, 1.165) is 37.2 Å². The summed E-state index contributed by atoms with van der Waals surface area (Å²) in [6, 6.07) is 28.4. The minimum atomic E-state index is 0.960. The average Bonchev–Trinajstić information content (AvgIpc) is 2.78. The fraction of sp³-hybridized carbons (Fsp3) is 0.148. The predicted molar refractivity (Wildman–Crippen MR) is 114 cm³/mol. The van der Waals surface area contributed by atoms with Crippen LogP contribution in [0.15, 0.2) is 83.3 Å². The molecule has 0 spiro atoms. The quantitative estimate of drug-likeness (QED) is 0.341. The third-order valence-electron chi connectivity index (χ3n) is 6.21. The first-order valence-electron chi connectivity index (χ1n) is 10.1. The van der Waals surface area contributed by atoms with Gasteiger partial charge in [-0.1, -0.05) is 72.8 Å². The van der Waals surface area contributed by atoms with Crippen molar-refractivity contribution in [3.63, 3.8) is 0 Å². The molecular weight excluding hydrogens is 340 g/mol. The molecule has 1 aromatic heterocycles. The molecule has 0 fully saturated rings. The van der Waals surface area contributed by atoms with Crippen LogP contribution >= 0.6 is 0 Å². The monoisotopic (exact) mass is 361 g/mol. The molecule has 0 saturated carbocycles. The number of aryl methyl sites for hydroxylation is 3. The molecule has 0 atom stereocenters. The summed E-state index contributed by atoms with van der Waals surface area (Å²) >= 11 is 0. The molecule has 0 N–H and O–H groups in total. The summed E-state index contributed by atoms with van der Waals surface area (Å²) < 4.78 is 6.67. The Morgan fingerprint density at radius 3 is 2.00 bits per heavy atom. The first-order valence-corrected chi connectivity index (χ1v) is 10.1. The molecule has 4 aromatic rings. The maximum absolute atomic E-state index is 6.67. The van der Waals surface area contributed by atoms with Crippen LogP contribution in [-0.2, 0) is 25.7 Å². The number of benzene rings is 3. The summed E-state index contributed by atoms with van der Waals surface area (Å²) in [6.07, 6.45) is 4.09. The van der Waals surface area contributed by atoms with E-state index in [-0.39, 0.29) is 0 Å². The molecule has 0 saturated heterocycles. The Morgan fingerprint density at radius 1 is 0.536 bits per heavy atom. The van der Waals surface area contributed by atoms with Gasteiger partial charge in [-0.3, -0.25) is 0 Å². The van der Waals surface area contributed by atoms with Crippen LogP contribution in [0, 0.1) is 0 Å². The maximum Gasteiger partial charge on any atom is 0.364 e. The van der Waals surface area contributed by atoms with Gasteiger partial charge in [-0.05, 0) is 47.6 Å². The van der Waals surface area contributed by atoms with Crippen LogP contribution in [0.5, 0.6) is 0 Å². The van der Waals surface area contributed by atoms with Gasteiger partial charge in [0.15, 0.2) is 0 Å². The van der Waals surface area contributed by atoms with Gasteiger partial charge < -0.3 is 0 Å². The molecule has 6 rings (SSSR count). The van der Waals surface area contributed by atoms with Gasteiger partial charge in [0.2, 0.25) is 0 Å². The van der Waals surface area contributed by atoms with E-state index >= 15 is 0 Å². The van der Waals surface area contributed by atoms with E-state index in [2.05, 4.69) is 78.9 Å². The van der Waals surface area contributed by atoms with Crippen molar-refractivity contribution in [2.75, 3.05) is 0 Å². The third-order valence-corrected chi connectivity index (χ3v) is 6.21. The molecule has 0 bridgehead atoms. The minimum Gasteiger partial charge on any atom is -0.211 e. The van der Waals surface area contributed by atoms with Crippen molar-refractivity contribution in [2.24, 2.45) is 0 Å². The maximum atomic E-state index is 6.67. The summed E-state index contributed by atoms with van der Waals surface area (Å²) in [5.74, 6) is 2.21. The Bertz CT molecular complexity index is 1200. The van der Waals surface area contributed by atoms with Crippen LogP contribution in [0.4, 0.5) is 0 Å². The summed E-state index contributed by atoms with van der Waals surface area (Å²) in [4.78, 5) is 0. The smallest absolute Gasteiger partial charge is 0.211 e. The lowest BCUT2D eigenvalue weighted by molar-refractivity contribution is 0.496. The fourth-order valence-corrected chi connectivity index (χ4v) is 4.93. The highest BCUT2D eigenvalue weighted by Gasteiger charge is 2.37. The van der Waals surface area contributed by atoms with Crippen molar-refractivity contribution in [1.82, 2.24) is 0 Å². The second-order valence-electron chi connectivity index (χ2n) is 7.76. The minimum absolute atomic E-state index is 0.960. The lowest BCUT2D eigenvalue weighted by atomic mass is 9.79. The van der Waals surface area contributed by atoms with Crippen molar-refractivity contribution in [1.29, 1.82) is 0 Å². The molecule has 1 heterocycles. The molecule has 2 aliphatic rings. The van der Waals surface area contributed by atoms with E-state index in [1.807, 2.05) is 0 Å². The summed E-state index contributed by atoms with van der Waals surface area (Å²) in [7, 11) is 0. The largest absolute Gasteiger partial charge is 0.364 e. The van der Waals surface area contributed by atoms with Crippen molar-refractivity contribution < 1.29 is 4.42 Å². The Morgan fingerprint density at radius 2 is 1.18 bits per heavy atom. The molecule has 0 amide bonds. The summed E-state index contributed by atoms with van der Waals surface area (Å²) in [6.45, 7) is 0. The van der Waals surface area contributed by atoms with Crippen molar-refractivity contribution in [3.05, 3.63) is 101 Å².